The van der Waals surface area contributed by atoms with E-state index in [2.05, 4.69) is 84.9 Å². The van der Waals surface area contributed by atoms with Gasteiger partial charge >= 0.3 is 0 Å². The number of hydrogen-bond donors (Lipinski definition) is 1. The highest BCUT2D eigenvalue weighted by molar-refractivity contribution is 6.13. The third kappa shape index (κ3) is 2.78. The smallest absolute Gasteiger partial charge is 0.200 e. The Hall–Kier alpha value is -4.11. The summed E-state index contributed by atoms with van der Waals surface area (Å²) in [6.45, 7) is 0. The zero-order valence-corrected chi connectivity index (χ0v) is 17.2. The number of nitrogens with zero attached hydrogens (tertiary/aromatic N) is 2. The number of nitrogens with two attached hydrogens (primary N) is 1. The first-order valence-electron chi connectivity index (χ1n) is 10.4. The van der Waals surface area contributed by atoms with Crippen molar-refractivity contribution in [1.82, 2.24) is 0 Å². The van der Waals surface area contributed by atoms with Crippen molar-refractivity contribution in [3.63, 3.8) is 0 Å². The lowest BCUT2D eigenvalue weighted by molar-refractivity contribution is 1.23. The van der Waals surface area contributed by atoms with Crippen LogP contribution >= 0.6 is 0 Å². The summed E-state index contributed by atoms with van der Waals surface area (Å²) in [5.74, 6) is 0.465. The average Bonchev–Trinajstić information content (AvgIpc) is 3.23. The van der Waals surface area contributed by atoms with E-state index in [-0.39, 0.29) is 0 Å². The molecule has 0 heterocycles. The lowest BCUT2D eigenvalue weighted by Crippen LogP contribution is -2.33. The van der Waals surface area contributed by atoms with Crippen molar-refractivity contribution in [1.29, 1.82) is 0 Å². The predicted molar refractivity (Wildman–Crippen MR) is 134 cm³/mol. The van der Waals surface area contributed by atoms with Crippen molar-refractivity contribution in [2.75, 3.05) is 11.9 Å². The van der Waals surface area contributed by atoms with Gasteiger partial charge in [-0.3, -0.25) is 0 Å². The van der Waals surface area contributed by atoms with Gasteiger partial charge in [0.15, 0.2) is 0 Å². The molecule has 1 aliphatic rings. The number of anilines is 1. The van der Waals surface area contributed by atoms with E-state index in [1.807, 2.05) is 24.1 Å². The second-order valence-electron chi connectivity index (χ2n) is 8.00. The Labute approximate surface area is 180 Å². The molecular formula is C28H21N3. The van der Waals surface area contributed by atoms with E-state index in [1.165, 1.54) is 32.7 Å². The summed E-state index contributed by atoms with van der Waals surface area (Å²) in [5, 5.41) is 7.14. The van der Waals surface area contributed by atoms with Crippen molar-refractivity contribution in [3.8, 4) is 0 Å². The molecule has 31 heavy (non-hydrogen) atoms. The molecule has 0 spiro atoms. The van der Waals surface area contributed by atoms with Crippen LogP contribution in [0.4, 0.5) is 11.4 Å². The summed E-state index contributed by atoms with van der Waals surface area (Å²) in [7, 11) is 1.98. The van der Waals surface area contributed by atoms with Gasteiger partial charge in [0.25, 0.3) is 0 Å². The van der Waals surface area contributed by atoms with Gasteiger partial charge in [-0.15, -0.1) is 0 Å². The van der Waals surface area contributed by atoms with E-state index >= 15 is 0 Å². The average molecular weight is 399 g/mol. The Morgan fingerprint density at radius 3 is 2.26 bits per heavy atom. The van der Waals surface area contributed by atoms with Gasteiger partial charge in [-0.1, -0.05) is 72.8 Å². The Morgan fingerprint density at radius 2 is 1.42 bits per heavy atom. The first-order chi connectivity index (χ1) is 15.2. The van der Waals surface area contributed by atoms with Crippen molar-refractivity contribution < 1.29 is 0 Å². The second-order valence-corrected chi connectivity index (χ2v) is 8.00. The lowest BCUT2D eigenvalue weighted by atomic mass is 10.0. The van der Waals surface area contributed by atoms with Gasteiger partial charge in [0.2, 0.25) is 5.96 Å². The van der Waals surface area contributed by atoms with E-state index in [4.69, 9.17) is 10.7 Å². The molecule has 5 aromatic rings. The minimum atomic E-state index is 0.465. The number of benzene rings is 5. The van der Waals surface area contributed by atoms with Crippen LogP contribution in [0.5, 0.6) is 0 Å². The van der Waals surface area contributed by atoms with Crippen LogP contribution in [0.25, 0.3) is 44.5 Å². The molecule has 0 radical (unpaired) electrons. The fourth-order valence-corrected chi connectivity index (χ4v) is 4.57. The van der Waals surface area contributed by atoms with E-state index in [0.29, 0.717) is 5.96 Å². The monoisotopic (exact) mass is 399 g/mol. The molecule has 3 nitrogen and oxygen atoms in total. The molecule has 0 saturated carbocycles. The standard InChI is InChI=1S/C28H21N3/c1-31(26-15-14-19-13-12-18-8-4-10-23(26)27(18)19)28(29)30-25-11-5-9-22-16-20-6-2-3-7-21(20)17-24(22)25/h2-17H,1H3,(H2,29,30). The Bertz CT molecular complexity index is 1550. The van der Waals surface area contributed by atoms with Gasteiger partial charge < -0.3 is 10.6 Å². The maximum atomic E-state index is 6.53. The molecular weight excluding hydrogens is 378 g/mol. The quantitative estimate of drug-likeness (QED) is 0.200. The lowest BCUT2D eigenvalue weighted by Gasteiger charge is -2.21. The summed E-state index contributed by atoms with van der Waals surface area (Å²) >= 11 is 0. The highest BCUT2D eigenvalue weighted by Crippen LogP contribution is 2.37. The van der Waals surface area contributed by atoms with E-state index in [1.54, 1.807) is 0 Å². The molecule has 0 bridgehead atoms. The van der Waals surface area contributed by atoms with Crippen molar-refractivity contribution in [2.24, 2.45) is 10.7 Å². The number of hydrogen-bond acceptors (Lipinski definition) is 1. The third-order valence-corrected chi connectivity index (χ3v) is 6.19. The molecule has 6 rings (SSSR count). The summed E-state index contributed by atoms with van der Waals surface area (Å²) < 4.78 is 0. The van der Waals surface area contributed by atoms with Gasteiger partial charge in [0, 0.05) is 17.8 Å². The van der Waals surface area contributed by atoms with Gasteiger partial charge in [0.05, 0.1) is 11.4 Å². The Kier molecular flexibility index (Phi) is 3.84. The number of rotatable bonds is 2. The van der Waals surface area contributed by atoms with Gasteiger partial charge in [-0.05, 0) is 56.9 Å². The predicted octanol–water partition coefficient (Wildman–Crippen LogP) is 6.71. The van der Waals surface area contributed by atoms with Crippen LogP contribution in [-0.4, -0.2) is 13.0 Å². The topological polar surface area (TPSA) is 41.6 Å². The Balaban J connectivity index is 1.47. The fourth-order valence-electron chi connectivity index (χ4n) is 4.57. The van der Waals surface area contributed by atoms with Gasteiger partial charge in [-0.2, -0.15) is 0 Å². The van der Waals surface area contributed by atoms with Crippen LogP contribution in [0.2, 0.25) is 0 Å². The van der Waals surface area contributed by atoms with Crippen LogP contribution in [-0.2, 0) is 0 Å². The van der Waals surface area contributed by atoms with Gasteiger partial charge in [-0.25, -0.2) is 4.99 Å². The molecule has 1 aliphatic carbocycles. The fraction of sp³-hybridized carbons (Fsp3) is 0.0357. The number of fused-ring (bicyclic) bond motifs is 2. The van der Waals surface area contributed by atoms with Crippen molar-refractivity contribution >= 4 is 61.8 Å². The largest absolute Gasteiger partial charge is 0.369 e. The second kappa shape index (κ2) is 6.71. The van der Waals surface area contributed by atoms with Crippen LogP contribution in [0.15, 0.2) is 89.9 Å². The molecule has 0 fully saturated rings. The zero-order chi connectivity index (χ0) is 20.9. The number of guanidine groups is 1. The van der Waals surface area contributed by atoms with Crippen molar-refractivity contribution in [2.45, 2.75) is 0 Å². The SMILES string of the molecule is CN(C(N)=Nc1cccc2cc3ccccc3cc12)c1ccc2c3c(cccc13)C=C2. The highest BCUT2D eigenvalue weighted by Gasteiger charge is 2.15. The Morgan fingerprint density at radius 1 is 0.710 bits per heavy atom. The summed E-state index contributed by atoms with van der Waals surface area (Å²) in [5.41, 5.74) is 11.0. The molecule has 0 aliphatic heterocycles. The first kappa shape index (κ1) is 17.7. The summed E-state index contributed by atoms with van der Waals surface area (Å²) in [4.78, 5) is 6.82. The minimum absolute atomic E-state index is 0.465. The molecule has 0 amide bonds. The highest BCUT2D eigenvalue weighted by atomic mass is 15.2. The normalized spacial score (nSPS) is 12.9. The molecule has 0 unspecified atom stereocenters. The van der Waals surface area contributed by atoms with Crippen LogP contribution in [0.1, 0.15) is 11.1 Å². The summed E-state index contributed by atoms with van der Waals surface area (Å²) in [6, 6.07) is 29.6. The number of aliphatic imine (C=N–C) groups is 1. The molecule has 3 heteroatoms. The molecule has 0 saturated heterocycles. The summed E-state index contributed by atoms with van der Waals surface area (Å²) in [6.07, 6.45) is 4.33. The molecule has 148 valence electrons. The van der Waals surface area contributed by atoms with E-state index in [9.17, 15) is 0 Å². The maximum Gasteiger partial charge on any atom is 0.200 e. The van der Waals surface area contributed by atoms with Crippen LogP contribution in [0, 0.1) is 0 Å². The van der Waals surface area contributed by atoms with Gasteiger partial charge in [0.1, 0.15) is 0 Å². The molecule has 0 aromatic heterocycles. The van der Waals surface area contributed by atoms with Crippen molar-refractivity contribution in [3.05, 3.63) is 96.1 Å². The van der Waals surface area contributed by atoms with E-state index in [0.717, 1.165) is 22.1 Å². The molecule has 0 atom stereocenters. The van der Waals surface area contributed by atoms with E-state index < -0.39 is 0 Å². The van der Waals surface area contributed by atoms with Crippen LogP contribution < -0.4 is 10.6 Å². The first-order valence-corrected chi connectivity index (χ1v) is 10.4. The van der Waals surface area contributed by atoms with Crippen LogP contribution in [0.3, 0.4) is 0 Å². The molecule has 2 N–H and O–H groups in total. The molecule has 5 aromatic carbocycles. The third-order valence-electron chi connectivity index (χ3n) is 6.19. The minimum Gasteiger partial charge on any atom is -0.369 e. The zero-order valence-electron chi connectivity index (χ0n) is 17.2. The maximum absolute atomic E-state index is 6.53.